The largest absolute Gasteiger partial charge is 0.339 e. The lowest BCUT2D eigenvalue weighted by molar-refractivity contribution is 0.683. The van der Waals surface area contributed by atoms with E-state index in [2.05, 4.69) is 88.9 Å². The SMILES string of the molecule is Cc1ccc(-c2ccc3n2CCc2c-3n(Cc3cccc(Cl)c3)c3ccccc23)cc1. The van der Waals surface area contributed by atoms with Crippen LogP contribution in [0.5, 0.6) is 0 Å². The maximum absolute atomic E-state index is 6.30. The molecule has 0 spiro atoms. The fourth-order valence-electron chi connectivity index (χ4n) is 5.02. The zero-order valence-electron chi connectivity index (χ0n) is 17.5. The molecule has 0 amide bonds. The molecule has 3 heteroatoms. The van der Waals surface area contributed by atoms with E-state index in [9.17, 15) is 0 Å². The van der Waals surface area contributed by atoms with Crippen LogP contribution in [0.3, 0.4) is 0 Å². The molecule has 0 saturated carbocycles. The van der Waals surface area contributed by atoms with Gasteiger partial charge in [-0.15, -0.1) is 0 Å². The van der Waals surface area contributed by atoms with E-state index in [1.807, 2.05) is 12.1 Å². The van der Waals surface area contributed by atoms with Gasteiger partial charge in [-0.3, -0.25) is 0 Å². The molecule has 0 N–H and O–H groups in total. The predicted molar refractivity (Wildman–Crippen MR) is 130 cm³/mol. The molecule has 3 heterocycles. The van der Waals surface area contributed by atoms with Crippen LogP contribution in [-0.2, 0) is 19.5 Å². The molecule has 1 aliphatic heterocycles. The Balaban J connectivity index is 1.56. The Morgan fingerprint density at radius 1 is 0.839 bits per heavy atom. The van der Waals surface area contributed by atoms with E-state index in [4.69, 9.17) is 11.6 Å². The molecule has 0 atom stereocenters. The molecule has 1 aliphatic rings. The molecule has 0 aliphatic carbocycles. The summed E-state index contributed by atoms with van der Waals surface area (Å²) in [6.07, 6.45) is 1.04. The van der Waals surface area contributed by atoms with Gasteiger partial charge in [-0.05, 0) is 60.4 Å². The van der Waals surface area contributed by atoms with E-state index in [-0.39, 0.29) is 0 Å². The summed E-state index contributed by atoms with van der Waals surface area (Å²) in [7, 11) is 0. The molecule has 0 bridgehead atoms. The second-order valence-electron chi connectivity index (χ2n) is 8.43. The Hall–Kier alpha value is -3.23. The number of nitrogens with zero attached hydrogens (tertiary/aromatic N) is 2. The van der Waals surface area contributed by atoms with E-state index in [0.29, 0.717) is 0 Å². The van der Waals surface area contributed by atoms with Crippen LogP contribution in [0, 0.1) is 6.92 Å². The lowest BCUT2D eigenvalue weighted by Gasteiger charge is -2.22. The van der Waals surface area contributed by atoms with Crippen LogP contribution in [-0.4, -0.2) is 9.13 Å². The van der Waals surface area contributed by atoms with Gasteiger partial charge < -0.3 is 9.13 Å². The smallest absolute Gasteiger partial charge is 0.0695 e. The van der Waals surface area contributed by atoms with Crippen LogP contribution in [0.15, 0.2) is 84.9 Å². The van der Waals surface area contributed by atoms with E-state index in [1.54, 1.807) is 0 Å². The van der Waals surface area contributed by atoms with Gasteiger partial charge in [0.25, 0.3) is 0 Å². The maximum Gasteiger partial charge on any atom is 0.0695 e. The quantitative estimate of drug-likeness (QED) is 0.288. The average Bonchev–Trinajstić information content (AvgIpc) is 3.34. The molecule has 0 fully saturated rings. The molecule has 0 saturated heterocycles. The third-order valence-corrected chi connectivity index (χ3v) is 6.70. The van der Waals surface area contributed by atoms with Crippen molar-refractivity contribution in [1.29, 1.82) is 0 Å². The Kier molecular flexibility index (Phi) is 4.29. The van der Waals surface area contributed by atoms with Gasteiger partial charge in [0.15, 0.2) is 0 Å². The van der Waals surface area contributed by atoms with Crippen LogP contribution >= 0.6 is 11.6 Å². The highest BCUT2D eigenvalue weighted by Gasteiger charge is 2.26. The zero-order valence-corrected chi connectivity index (χ0v) is 18.2. The summed E-state index contributed by atoms with van der Waals surface area (Å²) in [5.74, 6) is 0. The number of hydrogen-bond acceptors (Lipinski definition) is 0. The van der Waals surface area contributed by atoms with Crippen molar-refractivity contribution in [2.75, 3.05) is 0 Å². The van der Waals surface area contributed by atoms with E-state index in [1.165, 1.54) is 50.2 Å². The second kappa shape index (κ2) is 7.18. The lowest BCUT2D eigenvalue weighted by atomic mass is 10.0. The van der Waals surface area contributed by atoms with Crippen molar-refractivity contribution in [3.8, 4) is 22.6 Å². The topological polar surface area (TPSA) is 9.86 Å². The molecule has 2 aromatic heterocycles. The van der Waals surface area contributed by atoms with Crippen molar-refractivity contribution in [2.45, 2.75) is 26.4 Å². The van der Waals surface area contributed by atoms with Gasteiger partial charge >= 0.3 is 0 Å². The molecular weight excluding hydrogens is 400 g/mol. The standard InChI is InChI=1S/C28H23ClN2/c1-19-9-11-21(12-10-19)25-13-14-27-28-24(15-16-30(25)27)23-7-2-3-8-26(23)31(28)18-20-5-4-6-22(29)17-20/h2-14,17H,15-16,18H2,1H3. The van der Waals surface area contributed by atoms with Crippen LogP contribution < -0.4 is 0 Å². The normalized spacial score (nSPS) is 12.7. The van der Waals surface area contributed by atoms with Gasteiger partial charge in [0.05, 0.1) is 11.4 Å². The molecule has 0 radical (unpaired) electrons. The highest BCUT2D eigenvalue weighted by Crippen LogP contribution is 2.41. The number of aryl methyl sites for hydroxylation is 2. The number of halogens is 1. The summed E-state index contributed by atoms with van der Waals surface area (Å²) in [5.41, 5.74) is 10.5. The van der Waals surface area contributed by atoms with Crippen molar-refractivity contribution < 1.29 is 0 Å². The summed E-state index contributed by atoms with van der Waals surface area (Å²) in [5, 5.41) is 2.15. The van der Waals surface area contributed by atoms with Crippen molar-refractivity contribution >= 4 is 22.5 Å². The number of para-hydroxylation sites is 1. The fourth-order valence-corrected chi connectivity index (χ4v) is 5.23. The number of benzene rings is 3. The minimum absolute atomic E-state index is 0.785. The summed E-state index contributed by atoms with van der Waals surface area (Å²) in [6, 6.07) is 30.4. The zero-order chi connectivity index (χ0) is 20.9. The fraction of sp³-hybridized carbons (Fsp3) is 0.143. The average molecular weight is 423 g/mol. The Labute approximate surface area is 187 Å². The Morgan fingerprint density at radius 2 is 1.65 bits per heavy atom. The van der Waals surface area contributed by atoms with Gasteiger partial charge in [-0.1, -0.05) is 71.8 Å². The lowest BCUT2D eigenvalue weighted by Crippen LogP contribution is -2.14. The molecule has 2 nitrogen and oxygen atoms in total. The highest BCUT2D eigenvalue weighted by molar-refractivity contribution is 6.30. The number of rotatable bonds is 3. The molecule has 0 unspecified atom stereocenters. The number of hydrogen-bond donors (Lipinski definition) is 0. The monoisotopic (exact) mass is 422 g/mol. The predicted octanol–water partition coefficient (Wildman–Crippen LogP) is 7.34. The van der Waals surface area contributed by atoms with Gasteiger partial charge in [0, 0.05) is 34.7 Å². The van der Waals surface area contributed by atoms with Gasteiger partial charge in [-0.2, -0.15) is 0 Å². The second-order valence-corrected chi connectivity index (χ2v) is 8.87. The third-order valence-electron chi connectivity index (χ3n) is 6.46. The molecule has 152 valence electrons. The van der Waals surface area contributed by atoms with Crippen molar-refractivity contribution in [1.82, 2.24) is 9.13 Å². The molecule has 6 rings (SSSR count). The molecule has 5 aromatic rings. The summed E-state index contributed by atoms with van der Waals surface area (Å²) >= 11 is 6.30. The van der Waals surface area contributed by atoms with E-state index >= 15 is 0 Å². The van der Waals surface area contributed by atoms with Crippen LogP contribution in [0.25, 0.3) is 33.5 Å². The Morgan fingerprint density at radius 3 is 2.48 bits per heavy atom. The van der Waals surface area contributed by atoms with Crippen LogP contribution in [0.4, 0.5) is 0 Å². The van der Waals surface area contributed by atoms with Crippen molar-refractivity contribution in [2.24, 2.45) is 0 Å². The van der Waals surface area contributed by atoms with Crippen LogP contribution in [0.1, 0.15) is 16.7 Å². The minimum Gasteiger partial charge on any atom is -0.339 e. The number of fused-ring (bicyclic) bond motifs is 5. The van der Waals surface area contributed by atoms with Gasteiger partial charge in [0.1, 0.15) is 0 Å². The first kappa shape index (κ1) is 18.5. The van der Waals surface area contributed by atoms with Crippen LogP contribution in [0.2, 0.25) is 5.02 Å². The molecule has 31 heavy (non-hydrogen) atoms. The summed E-state index contributed by atoms with van der Waals surface area (Å²) in [6.45, 7) is 3.95. The number of aromatic nitrogens is 2. The summed E-state index contributed by atoms with van der Waals surface area (Å²) < 4.78 is 4.96. The highest BCUT2D eigenvalue weighted by atomic mass is 35.5. The first-order valence-electron chi connectivity index (χ1n) is 10.8. The third kappa shape index (κ3) is 3.02. The Bertz CT molecular complexity index is 1420. The van der Waals surface area contributed by atoms with E-state index < -0.39 is 0 Å². The maximum atomic E-state index is 6.30. The van der Waals surface area contributed by atoms with Crippen molar-refractivity contribution in [3.63, 3.8) is 0 Å². The van der Waals surface area contributed by atoms with E-state index in [0.717, 1.165) is 24.5 Å². The molecule has 3 aromatic carbocycles. The first-order valence-corrected chi connectivity index (χ1v) is 11.2. The van der Waals surface area contributed by atoms with Gasteiger partial charge in [0.2, 0.25) is 0 Å². The first-order chi connectivity index (χ1) is 15.2. The summed E-state index contributed by atoms with van der Waals surface area (Å²) in [4.78, 5) is 0. The van der Waals surface area contributed by atoms with Crippen molar-refractivity contribution in [3.05, 3.63) is 107 Å². The minimum atomic E-state index is 0.785. The van der Waals surface area contributed by atoms with Gasteiger partial charge in [-0.25, -0.2) is 0 Å². The molecular formula is C28H23ClN2.